The zero-order valence-corrected chi connectivity index (χ0v) is 16.8. The first-order valence-corrected chi connectivity index (χ1v) is 10.1. The number of ether oxygens (including phenoxy) is 2. The average molecular weight is 400 g/mol. The highest BCUT2D eigenvalue weighted by Crippen LogP contribution is 2.31. The van der Waals surface area contributed by atoms with Crippen LogP contribution in [0.4, 0.5) is 4.79 Å². The number of nitrogens with zero attached hydrogens (tertiary/aromatic N) is 4. The van der Waals surface area contributed by atoms with Gasteiger partial charge in [-0.25, -0.2) is 9.78 Å². The Balaban J connectivity index is 1.82. The molecule has 0 saturated heterocycles. The number of carbonyl (C=O) groups excluding carboxylic acids is 1. The molecular formula is C15H20N4O5S2. The van der Waals surface area contributed by atoms with Crippen molar-refractivity contribution in [1.82, 2.24) is 19.1 Å². The lowest BCUT2D eigenvalue weighted by Crippen LogP contribution is -2.33. The minimum absolute atomic E-state index is 0.0829. The monoisotopic (exact) mass is 400 g/mol. The summed E-state index contributed by atoms with van der Waals surface area (Å²) in [5.74, 6) is 0. The third-order valence-electron chi connectivity index (χ3n) is 3.60. The van der Waals surface area contributed by atoms with Crippen LogP contribution < -0.4 is 4.74 Å². The number of hydrogen-bond acceptors (Lipinski definition) is 8. The molecule has 3 heterocycles. The van der Waals surface area contributed by atoms with Gasteiger partial charge in [-0.2, -0.15) is 17.6 Å². The Morgan fingerprint density at radius 2 is 2.00 bits per heavy atom. The second-order valence-corrected chi connectivity index (χ2v) is 9.82. The molecule has 2 aromatic rings. The summed E-state index contributed by atoms with van der Waals surface area (Å²) in [5.41, 5.74) is 0.975. The van der Waals surface area contributed by atoms with Gasteiger partial charge in [0.15, 0.2) is 4.21 Å². The molecule has 3 rings (SSSR count). The third kappa shape index (κ3) is 3.40. The first-order chi connectivity index (χ1) is 12.0. The molecule has 11 heteroatoms. The Kier molecular flexibility index (Phi) is 4.47. The van der Waals surface area contributed by atoms with E-state index in [-0.39, 0.29) is 22.5 Å². The molecule has 0 saturated carbocycles. The quantitative estimate of drug-likeness (QED) is 0.777. The molecule has 0 spiro atoms. The van der Waals surface area contributed by atoms with Gasteiger partial charge in [-0.1, -0.05) is 11.3 Å². The van der Waals surface area contributed by atoms with Crippen LogP contribution >= 0.6 is 11.3 Å². The van der Waals surface area contributed by atoms with Gasteiger partial charge in [0, 0.05) is 11.8 Å². The van der Waals surface area contributed by atoms with Crippen molar-refractivity contribution < 1.29 is 22.7 Å². The number of rotatable bonds is 3. The molecule has 9 nitrogen and oxygen atoms in total. The van der Waals surface area contributed by atoms with Gasteiger partial charge in [0.05, 0.1) is 31.6 Å². The van der Waals surface area contributed by atoms with Gasteiger partial charge >= 0.3 is 6.09 Å². The Labute approximate surface area is 155 Å². The van der Waals surface area contributed by atoms with E-state index >= 15 is 0 Å². The van der Waals surface area contributed by atoms with Gasteiger partial charge in [-0.3, -0.25) is 4.90 Å². The predicted octanol–water partition coefficient (Wildman–Crippen LogP) is 2.14. The van der Waals surface area contributed by atoms with E-state index < -0.39 is 21.7 Å². The maximum absolute atomic E-state index is 12.8. The number of carbonyl (C=O) groups is 1. The molecule has 0 atom stereocenters. The highest BCUT2D eigenvalue weighted by molar-refractivity contribution is 7.92. The van der Waals surface area contributed by atoms with E-state index in [4.69, 9.17) is 9.47 Å². The maximum atomic E-state index is 12.8. The molecule has 2 aromatic heterocycles. The van der Waals surface area contributed by atoms with Crippen LogP contribution in [0, 0.1) is 6.92 Å². The fourth-order valence-corrected chi connectivity index (χ4v) is 5.02. The number of aromatic nitrogens is 3. The fourth-order valence-electron chi connectivity index (χ4n) is 2.48. The van der Waals surface area contributed by atoms with Crippen molar-refractivity contribution in [2.75, 3.05) is 7.11 Å². The smallest absolute Gasteiger partial charge is 0.410 e. The van der Waals surface area contributed by atoms with E-state index in [0.29, 0.717) is 17.0 Å². The Bertz CT molecular complexity index is 932. The summed E-state index contributed by atoms with van der Waals surface area (Å²) in [4.78, 5) is 17.7. The summed E-state index contributed by atoms with van der Waals surface area (Å²) >= 11 is 0.947. The molecule has 0 aromatic carbocycles. The van der Waals surface area contributed by atoms with Gasteiger partial charge in [0.2, 0.25) is 0 Å². The molecular weight excluding hydrogens is 380 g/mol. The van der Waals surface area contributed by atoms with Crippen molar-refractivity contribution in [3.63, 3.8) is 0 Å². The number of fused-ring (bicyclic) bond motifs is 1. The molecule has 26 heavy (non-hydrogen) atoms. The van der Waals surface area contributed by atoms with Crippen LogP contribution in [0.2, 0.25) is 0 Å². The molecule has 0 unspecified atom stereocenters. The van der Waals surface area contributed by atoms with Crippen LogP contribution in [0.25, 0.3) is 0 Å². The first-order valence-electron chi connectivity index (χ1n) is 7.83. The molecule has 0 aliphatic carbocycles. The Hall–Kier alpha value is -2.14. The van der Waals surface area contributed by atoms with Crippen LogP contribution in [-0.2, 0) is 27.8 Å². The van der Waals surface area contributed by atoms with Crippen molar-refractivity contribution in [3.8, 4) is 5.19 Å². The van der Waals surface area contributed by atoms with Crippen LogP contribution in [0.1, 0.15) is 37.7 Å². The highest BCUT2D eigenvalue weighted by Gasteiger charge is 2.33. The molecule has 0 fully saturated rings. The summed E-state index contributed by atoms with van der Waals surface area (Å²) in [6.45, 7) is 7.44. The molecule has 0 N–H and O–H groups in total. The topological polar surface area (TPSA) is 104 Å². The van der Waals surface area contributed by atoms with Crippen molar-refractivity contribution in [2.45, 2.75) is 50.6 Å². The zero-order valence-electron chi connectivity index (χ0n) is 15.1. The van der Waals surface area contributed by atoms with Crippen molar-refractivity contribution in [2.24, 2.45) is 0 Å². The normalized spacial score (nSPS) is 14.4. The highest BCUT2D eigenvalue weighted by atomic mass is 32.2. The van der Waals surface area contributed by atoms with E-state index in [1.54, 1.807) is 27.7 Å². The van der Waals surface area contributed by atoms with Crippen LogP contribution in [0.5, 0.6) is 5.19 Å². The number of amides is 1. The van der Waals surface area contributed by atoms with Crippen LogP contribution in [0.3, 0.4) is 0 Å². The Morgan fingerprint density at radius 1 is 1.31 bits per heavy atom. The van der Waals surface area contributed by atoms with Crippen LogP contribution in [0.15, 0.2) is 10.4 Å². The summed E-state index contributed by atoms with van der Waals surface area (Å²) in [6.07, 6.45) is 0.980. The second kappa shape index (κ2) is 6.23. The van der Waals surface area contributed by atoms with Crippen molar-refractivity contribution in [3.05, 3.63) is 23.1 Å². The fraction of sp³-hybridized carbons (Fsp3) is 0.533. The minimum atomic E-state index is -3.86. The molecule has 1 aliphatic heterocycles. The van der Waals surface area contributed by atoms with Gasteiger partial charge in [-0.05, 0) is 27.7 Å². The molecule has 0 radical (unpaired) electrons. The van der Waals surface area contributed by atoms with Gasteiger partial charge in [0.25, 0.3) is 15.2 Å². The van der Waals surface area contributed by atoms with Gasteiger partial charge in [-0.15, -0.1) is 0 Å². The lowest BCUT2D eigenvalue weighted by atomic mass is 10.2. The summed E-state index contributed by atoms with van der Waals surface area (Å²) in [7, 11) is -2.42. The van der Waals surface area contributed by atoms with Crippen molar-refractivity contribution in [1.29, 1.82) is 0 Å². The number of methoxy groups -OCH3 is 1. The minimum Gasteiger partial charge on any atom is -0.473 e. The molecule has 142 valence electrons. The first kappa shape index (κ1) is 18.6. The lowest BCUT2D eigenvalue weighted by Gasteiger charge is -2.24. The second-order valence-electron chi connectivity index (χ2n) is 6.87. The van der Waals surface area contributed by atoms with Crippen LogP contribution in [-0.4, -0.2) is 46.3 Å². The SMILES string of the molecule is COc1nc(C)c(S(=O)(=O)n2cc3c(n2)CN(C(=O)OC(C)(C)C)C3)s1. The molecule has 1 aliphatic rings. The average Bonchev–Trinajstić information content (AvgIpc) is 3.17. The van der Waals surface area contributed by atoms with Crippen molar-refractivity contribution >= 4 is 27.5 Å². The third-order valence-corrected chi connectivity index (χ3v) is 6.84. The van der Waals surface area contributed by atoms with Gasteiger partial charge in [0.1, 0.15) is 5.60 Å². The van der Waals surface area contributed by atoms with Gasteiger partial charge < -0.3 is 9.47 Å². The summed E-state index contributed by atoms with van der Waals surface area (Å²) < 4.78 is 37.0. The number of aryl methyl sites for hydroxylation is 1. The number of hydrogen-bond donors (Lipinski definition) is 0. The van der Waals surface area contributed by atoms with E-state index in [1.165, 1.54) is 18.2 Å². The molecule has 1 amide bonds. The van der Waals surface area contributed by atoms with E-state index in [0.717, 1.165) is 15.4 Å². The maximum Gasteiger partial charge on any atom is 0.410 e. The standard InChI is InChI=1S/C15H20N4O5S2/c1-9-12(25-13(16-9)23-5)26(21,22)19-7-10-6-18(8-11(10)17-19)14(20)24-15(2,3)4/h7H,6,8H2,1-5H3. The lowest BCUT2D eigenvalue weighted by molar-refractivity contribution is 0.0239. The predicted molar refractivity (Wildman–Crippen MR) is 93.7 cm³/mol. The number of thiazole rings is 1. The van der Waals surface area contributed by atoms with E-state index in [2.05, 4.69) is 10.1 Å². The summed E-state index contributed by atoms with van der Waals surface area (Å²) in [6, 6.07) is 0. The van der Waals surface area contributed by atoms with E-state index in [1.807, 2.05) is 0 Å². The van der Waals surface area contributed by atoms with E-state index in [9.17, 15) is 13.2 Å². The molecule has 0 bridgehead atoms. The summed E-state index contributed by atoms with van der Waals surface area (Å²) in [5, 5.41) is 4.44. The largest absolute Gasteiger partial charge is 0.473 e. The Morgan fingerprint density at radius 3 is 2.54 bits per heavy atom. The zero-order chi connectivity index (χ0) is 19.3.